The van der Waals surface area contributed by atoms with E-state index in [0.717, 1.165) is 12.1 Å². The smallest absolute Gasteiger partial charge is 0.140 e. The largest absolute Gasteiger partial charge is 0.389 e. The molecule has 0 aromatic heterocycles. The number of aliphatic hydroxyl groups is 2. The lowest BCUT2D eigenvalue weighted by atomic mass is 10.0. The van der Waals surface area contributed by atoms with Gasteiger partial charge < -0.3 is 10.2 Å². The topological polar surface area (TPSA) is 88.0 Å². The van der Waals surface area contributed by atoms with E-state index in [1.54, 1.807) is 12.1 Å². The van der Waals surface area contributed by atoms with E-state index >= 15 is 0 Å². The summed E-state index contributed by atoms with van der Waals surface area (Å²) in [5.74, 6) is -0.687. The number of benzene rings is 1. The summed E-state index contributed by atoms with van der Waals surface area (Å²) in [7, 11) is 0. The van der Waals surface area contributed by atoms with Gasteiger partial charge in [-0.05, 0) is 17.7 Å². The molecule has 0 amide bonds. The number of hydrogen-bond donors (Lipinski definition) is 2. The molecule has 16 heavy (non-hydrogen) atoms. The molecule has 4 nitrogen and oxygen atoms in total. The zero-order valence-electron chi connectivity index (χ0n) is 8.26. The minimum Gasteiger partial charge on any atom is -0.389 e. The minimum atomic E-state index is -1.30. The van der Waals surface area contributed by atoms with E-state index in [1.807, 2.05) is 0 Å². The molecule has 0 aliphatic heterocycles. The zero-order chi connectivity index (χ0) is 12.1. The summed E-state index contributed by atoms with van der Waals surface area (Å²) in [4.78, 5) is 0. The van der Waals surface area contributed by atoms with Crippen LogP contribution < -0.4 is 0 Å². The molecule has 1 aromatic carbocycles. The van der Waals surface area contributed by atoms with Gasteiger partial charge in [-0.15, -0.1) is 0 Å². The van der Waals surface area contributed by atoms with Gasteiger partial charge in [0.2, 0.25) is 0 Å². The Morgan fingerprint density at radius 1 is 1.31 bits per heavy atom. The minimum absolute atomic E-state index is 0.208. The van der Waals surface area contributed by atoms with Crippen LogP contribution in [0.1, 0.15) is 23.7 Å². The van der Waals surface area contributed by atoms with Crippen LogP contribution >= 0.6 is 0 Å². The first-order valence-electron chi connectivity index (χ1n) is 4.52. The number of aliphatic hydroxyl groups excluding tert-OH is 2. The van der Waals surface area contributed by atoms with Crippen molar-refractivity contribution in [3.63, 3.8) is 0 Å². The molecule has 82 valence electrons. The molecule has 0 aliphatic rings. The van der Waals surface area contributed by atoms with E-state index < -0.39 is 18.0 Å². The van der Waals surface area contributed by atoms with Crippen LogP contribution in [0.4, 0.5) is 4.39 Å². The van der Waals surface area contributed by atoms with Gasteiger partial charge in [0.1, 0.15) is 18.0 Å². The maximum atomic E-state index is 13.0. The number of nitriles is 2. The molecule has 0 fully saturated rings. The lowest BCUT2D eigenvalue weighted by Gasteiger charge is -2.15. The highest BCUT2D eigenvalue weighted by Crippen LogP contribution is 2.21. The second kappa shape index (κ2) is 5.22. The molecular weight excluding hydrogens is 211 g/mol. The fourth-order valence-corrected chi connectivity index (χ4v) is 1.24. The first-order chi connectivity index (χ1) is 7.60. The highest BCUT2D eigenvalue weighted by atomic mass is 19.1. The van der Waals surface area contributed by atoms with Crippen LogP contribution in [0.2, 0.25) is 0 Å². The molecule has 0 heterocycles. The van der Waals surface area contributed by atoms with E-state index in [-0.39, 0.29) is 17.5 Å². The summed E-state index contributed by atoms with van der Waals surface area (Å²) in [5, 5.41) is 35.9. The van der Waals surface area contributed by atoms with E-state index in [4.69, 9.17) is 10.5 Å². The van der Waals surface area contributed by atoms with Crippen molar-refractivity contribution in [3.8, 4) is 12.1 Å². The normalized spacial score (nSPS) is 13.6. The Morgan fingerprint density at radius 3 is 2.56 bits per heavy atom. The summed E-state index contributed by atoms with van der Waals surface area (Å²) >= 11 is 0. The Bertz CT molecular complexity index is 462. The van der Waals surface area contributed by atoms with Gasteiger partial charge in [-0.2, -0.15) is 10.5 Å². The molecular formula is C11H9FN2O2. The van der Waals surface area contributed by atoms with Crippen LogP contribution in [0, 0.1) is 28.5 Å². The van der Waals surface area contributed by atoms with Crippen LogP contribution in [0.5, 0.6) is 0 Å². The van der Waals surface area contributed by atoms with Gasteiger partial charge in [-0.25, -0.2) is 4.39 Å². The van der Waals surface area contributed by atoms with Gasteiger partial charge in [-0.1, -0.05) is 6.07 Å². The zero-order valence-corrected chi connectivity index (χ0v) is 8.26. The Morgan fingerprint density at radius 2 is 2.00 bits per heavy atom. The van der Waals surface area contributed by atoms with Crippen LogP contribution in [0.3, 0.4) is 0 Å². The van der Waals surface area contributed by atoms with Crippen LogP contribution in [0.15, 0.2) is 18.2 Å². The van der Waals surface area contributed by atoms with Crippen molar-refractivity contribution in [3.05, 3.63) is 35.1 Å². The maximum absolute atomic E-state index is 13.0. The van der Waals surface area contributed by atoms with Gasteiger partial charge in [0.25, 0.3) is 0 Å². The predicted molar refractivity (Wildman–Crippen MR) is 52.3 cm³/mol. The Kier molecular flexibility index (Phi) is 3.96. The third kappa shape index (κ3) is 2.54. The quantitative estimate of drug-likeness (QED) is 0.795. The summed E-state index contributed by atoms with van der Waals surface area (Å²) in [5.41, 5.74) is 0.00130. The van der Waals surface area contributed by atoms with E-state index in [9.17, 15) is 14.6 Å². The Balaban J connectivity index is 2.98. The second-order valence-corrected chi connectivity index (χ2v) is 3.23. The molecule has 0 bridgehead atoms. The van der Waals surface area contributed by atoms with Gasteiger partial charge in [0, 0.05) is 0 Å². The summed E-state index contributed by atoms with van der Waals surface area (Å²) in [6, 6.07) is 6.79. The van der Waals surface area contributed by atoms with Crippen molar-refractivity contribution in [2.45, 2.75) is 18.6 Å². The highest BCUT2D eigenvalue weighted by molar-refractivity contribution is 5.35. The first-order valence-corrected chi connectivity index (χ1v) is 4.52. The fourth-order valence-electron chi connectivity index (χ4n) is 1.24. The molecule has 1 aromatic rings. The predicted octanol–water partition coefficient (Wildman–Crippen LogP) is 1.01. The molecule has 0 spiro atoms. The van der Waals surface area contributed by atoms with Crippen LogP contribution in [-0.4, -0.2) is 16.3 Å². The second-order valence-electron chi connectivity index (χ2n) is 3.23. The van der Waals surface area contributed by atoms with Gasteiger partial charge in [0.05, 0.1) is 24.2 Å². The first kappa shape index (κ1) is 12.1. The molecule has 0 radical (unpaired) electrons. The van der Waals surface area contributed by atoms with Crippen LogP contribution in [-0.2, 0) is 0 Å². The molecule has 2 atom stereocenters. The summed E-state index contributed by atoms with van der Waals surface area (Å²) < 4.78 is 13.0. The number of nitrogens with zero attached hydrogens (tertiary/aromatic N) is 2. The molecule has 0 saturated carbocycles. The molecule has 1 rings (SSSR count). The fraction of sp³-hybridized carbons (Fsp3) is 0.273. The number of hydrogen-bond acceptors (Lipinski definition) is 4. The number of halogens is 1. The summed E-state index contributed by atoms with van der Waals surface area (Å²) in [6.45, 7) is 0. The maximum Gasteiger partial charge on any atom is 0.140 e. The lowest BCUT2D eigenvalue weighted by molar-refractivity contribution is 0.0216. The number of rotatable bonds is 3. The highest BCUT2D eigenvalue weighted by Gasteiger charge is 2.19. The molecule has 5 heteroatoms. The van der Waals surface area contributed by atoms with Crippen LogP contribution in [0.25, 0.3) is 0 Å². The van der Waals surface area contributed by atoms with Crippen molar-refractivity contribution in [1.82, 2.24) is 0 Å². The molecule has 2 N–H and O–H groups in total. The standard InChI is InChI=1S/C11H9FN2O2/c12-9-2-1-7(5-8(9)6-14)11(16)10(15)3-4-13/h1-2,5,10-11,15-16H,3H2. The lowest BCUT2D eigenvalue weighted by Crippen LogP contribution is -2.17. The molecule has 0 aliphatic carbocycles. The Labute approximate surface area is 91.8 Å². The average molecular weight is 220 g/mol. The monoisotopic (exact) mass is 220 g/mol. The van der Waals surface area contributed by atoms with Crippen molar-refractivity contribution < 1.29 is 14.6 Å². The van der Waals surface area contributed by atoms with Gasteiger partial charge in [-0.3, -0.25) is 0 Å². The van der Waals surface area contributed by atoms with Gasteiger partial charge in [0.15, 0.2) is 0 Å². The van der Waals surface area contributed by atoms with E-state index in [2.05, 4.69) is 0 Å². The Hall–Kier alpha value is -1.95. The molecule has 2 unspecified atom stereocenters. The van der Waals surface area contributed by atoms with Gasteiger partial charge >= 0.3 is 0 Å². The third-order valence-corrected chi connectivity index (χ3v) is 2.12. The summed E-state index contributed by atoms with van der Waals surface area (Å²) in [6.07, 6.45) is -2.78. The van der Waals surface area contributed by atoms with Crippen molar-refractivity contribution in [1.29, 1.82) is 10.5 Å². The van der Waals surface area contributed by atoms with Crippen molar-refractivity contribution in [2.75, 3.05) is 0 Å². The SMILES string of the molecule is N#CCC(O)C(O)c1ccc(F)c(C#N)c1. The van der Waals surface area contributed by atoms with E-state index in [1.165, 1.54) is 6.07 Å². The molecule has 0 saturated heterocycles. The average Bonchev–Trinajstić information content (AvgIpc) is 2.29. The van der Waals surface area contributed by atoms with Crippen molar-refractivity contribution in [2.24, 2.45) is 0 Å². The van der Waals surface area contributed by atoms with E-state index in [0.29, 0.717) is 0 Å². The van der Waals surface area contributed by atoms with Crippen molar-refractivity contribution >= 4 is 0 Å². The third-order valence-electron chi connectivity index (χ3n) is 2.12.